The van der Waals surface area contributed by atoms with E-state index in [1.807, 2.05) is 0 Å². The second-order valence-corrected chi connectivity index (χ2v) is 6.56. The third-order valence-electron chi connectivity index (χ3n) is 4.30. The first-order chi connectivity index (χ1) is 14.5. The molecule has 0 heterocycles. The van der Waals surface area contributed by atoms with Gasteiger partial charge >= 0.3 is 12.1 Å². The number of rotatable bonds is 5. The molecule has 9 heteroatoms. The Labute approximate surface area is 173 Å². The summed E-state index contributed by atoms with van der Waals surface area (Å²) < 4.78 is 58.4. The van der Waals surface area contributed by atoms with E-state index < -0.39 is 29.4 Å². The molecule has 0 saturated carbocycles. The zero-order valence-corrected chi connectivity index (χ0v) is 16.0. The van der Waals surface area contributed by atoms with Crippen LogP contribution < -0.4 is 10.1 Å². The molecule has 0 aliphatic heterocycles. The van der Waals surface area contributed by atoms with Crippen LogP contribution in [0.5, 0.6) is 11.5 Å². The zero-order chi connectivity index (χ0) is 22.8. The van der Waals surface area contributed by atoms with Gasteiger partial charge in [0, 0.05) is 5.69 Å². The molecule has 0 fully saturated rings. The number of benzene rings is 3. The van der Waals surface area contributed by atoms with Gasteiger partial charge in [-0.25, -0.2) is 9.18 Å². The number of carboxylic acid groups (broad SMARTS) is 1. The largest absolute Gasteiger partial charge is 0.478 e. The van der Waals surface area contributed by atoms with Gasteiger partial charge < -0.3 is 15.2 Å². The second-order valence-electron chi connectivity index (χ2n) is 6.56. The van der Waals surface area contributed by atoms with Crippen molar-refractivity contribution in [2.75, 3.05) is 5.32 Å². The number of carbonyl (C=O) groups is 2. The molecule has 2 N–H and O–H groups in total. The molecule has 5 nitrogen and oxygen atoms in total. The van der Waals surface area contributed by atoms with Gasteiger partial charge in [0.25, 0.3) is 5.91 Å². The summed E-state index contributed by atoms with van der Waals surface area (Å²) in [7, 11) is 0. The molecular weight excluding hydrogens is 418 g/mol. The van der Waals surface area contributed by atoms with E-state index in [9.17, 15) is 27.2 Å². The fourth-order valence-electron chi connectivity index (χ4n) is 2.71. The second kappa shape index (κ2) is 8.47. The summed E-state index contributed by atoms with van der Waals surface area (Å²) in [4.78, 5) is 23.6. The van der Waals surface area contributed by atoms with Gasteiger partial charge in [-0.15, -0.1) is 0 Å². The Morgan fingerprint density at radius 1 is 0.935 bits per heavy atom. The molecule has 0 aliphatic carbocycles. The summed E-state index contributed by atoms with van der Waals surface area (Å²) in [6.07, 6.45) is -4.67. The van der Waals surface area contributed by atoms with E-state index in [1.54, 1.807) is 0 Å². The summed E-state index contributed by atoms with van der Waals surface area (Å²) in [5.74, 6) is -2.75. The van der Waals surface area contributed by atoms with E-state index >= 15 is 0 Å². The Hall–Kier alpha value is -3.88. The molecule has 31 heavy (non-hydrogen) atoms. The summed E-state index contributed by atoms with van der Waals surface area (Å²) in [6, 6.07) is 11.1. The van der Waals surface area contributed by atoms with Crippen molar-refractivity contribution in [2.24, 2.45) is 0 Å². The molecule has 160 valence electrons. The van der Waals surface area contributed by atoms with Gasteiger partial charge in [-0.05, 0) is 73.2 Å². The topological polar surface area (TPSA) is 75.6 Å². The van der Waals surface area contributed by atoms with Crippen molar-refractivity contribution in [2.45, 2.75) is 13.1 Å². The highest BCUT2D eigenvalue weighted by Crippen LogP contribution is 2.36. The molecule has 3 aromatic carbocycles. The van der Waals surface area contributed by atoms with Crippen LogP contribution in [-0.2, 0) is 6.18 Å². The predicted octanol–water partition coefficient (Wildman–Crippen LogP) is 5.90. The SMILES string of the molecule is Cc1cc(F)ccc1Oc1cc(C(F)(F)F)ccc1C(=O)Nc1ccc(C(=O)O)cc1. The van der Waals surface area contributed by atoms with Crippen molar-refractivity contribution < 1.29 is 37.0 Å². The number of amides is 1. The first-order valence-electron chi connectivity index (χ1n) is 8.84. The number of aryl methyl sites for hydroxylation is 1. The lowest BCUT2D eigenvalue weighted by molar-refractivity contribution is -0.137. The van der Waals surface area contributed by atoms with E-state index in [1.165, 1.54) is 37.3 Å². The Morgan fingerprint density at radius 3 is 2.19 bits per heavy atom. The maximum absolute atomic E-state index is 13.3. The molecule has 0 aliphatic rings. The number of carboxylic acids is 1. The molecule has 0 spiro atoms. The van der Waals surface area contributed by atoms with Crippen molar-refractivity contribution in [1.29, 1.82) is 0 Å². The number of anilines is 1. The summed E-state index contributed by atoms with van der Waals surface area (Å²) in [5, 5.41) is 11.4. The Morgan fingerprint density at radius 2 is 1.61 bits per heavy atom. The monoisotopic (exact) mass is 433 g/mol. The highest BCUT2D eigenvalue weighted by atomic mass is 19.4. The van der Waals surface area contributed by atoms with Gasteiger partial charge in [-0.2, -0.15) is 13.2 Å². The molecule has 3 aromatic rings. The third-order valence-corrected chi connectivity index (χ3v) is 4.30. The molecule has 0 atom stereocenters. The quantitative estimate of drug-likeness (QED) is 0.492. The smallest absolute Gasteiger partial charge is 0.416 e. The van der Waals surface area contributed by atoms with Crippen molar-refractivity contribution in [3.8, 4) is 11.5 Å². The van der Waals surface area contributed by atoms with Crippen LogP contribution in [-0.4, -0.2) is 17.0 Å². The molecule has 0 radical (unpaired) electrons. The first-order valence-corrected chi connectivity index (χ1v) is 8.84. The van der Waals surface area contributed by atoms with Crippen LogP contribution in [0.15, 0.2) is 60.7 Å². The molecule has 3 rings (SSSR count). The van der Waals surface area contributed by atoms with Crippen LogP contribution in [0.1, 0.15) is 31.8 Å². The number of halogens is 4. The van der Waals surface area contributed by atoms with Gasteiger partial charge in [-0.3, -0.25) is 4.79 Å². The van der Waals surface area contributed by atoms with Crippen molar-refractivity contribution in [3.05, 3.63) is 88.7 Å². The van der Waals surface area contributed by atoms with E-state index in [4.69, 9.17) is 9.84 Å². The number of aromatic carboxylic acids is 1. The number of carbonyl (C=O) groups excluding carboxylic acids is 1. The van der Waals surface area contributed by atoms with Gasteiger partial charge in [0.05, 0.1) is 16.7 Å². The minimum Gasteiger partial charge on any atom is -0.478 e. The molecule has 0 bridgehead atoms. The highest BCUT2D eigenvalue weighted by Gasteiger charge is 2.32. The number of alkyl halides is 3. The molecule has 0 unspecified atom stereocenters. The Balaban J connectivity index is 1.95. The molecule has 0 saturated heterocycles. The normalized spacial score (nSPS) is 11.1. The summed E-state index contributed by atoms with van der Waals surface area (Å²) in [5.41, 5.74) is -0.654. The highest BCUT2D eigenvalue weighted by molar-refractivity contribution is 6.06. The average Bonchev–Trinajstić information content (AvgIpc) is 2.69. The molecule has 1 amide bonds. The van der Waals surface area contributed by atoms with Gasteiger partial charge in [0.15, 0.2) is 0 Å². The minimum absolute atomic E-state index is 0.00309. The summed E-state index contributed by atoms with van der Waals surface area (Å²) in [6.45, 7) is 1.51. The van der Waals surface area contributed by atoms with Crippen molar-refractivity contribution >= 4 is 17.6 Å². The number of hydrogen-bond donors (Lipinski definition) is 2. The lowest BCUT2D eigenvalue weighted by atomic mass is 10.1. The van der Waals surface area contributed by atoms with Crippen LogP contribution in [0.2, 0.25) is 0 Å². The lowest BCUT2D eigenvalue weighted by Crippen LogP contribution is -2.14. The van der Waals surface area contributed by atoms with Gasteiger partial charge in [0.2, 0.25) is 0 Å². The molecular formula is C22H15F4NO4. The van der Waals surface area contributed by atoms with Crippen LogP contribution in [0.4, 0.5) is 23.2 Å². The standard InChI is InChI=1S/C22H15F4NO4/c1-12-10-15(23)5-9-18(12)31-19-11-14(22(24,25)26)4-8-17(19)20(28)27-16-6-2-13(3-7-16)21(29)30/h2-11H,1H3,(H,27,28)(H,29,30). The molecule has 0 aromatic heterocycles. The van der Waals surface area contributed by atoms with Crippen molar-refractivity contribution in [3.63, 3.8) is 0 Å². The number of nitrogens with one attached hydrogen (secondary N) is 1. The fourth-order valence-corrected chi connectivity index (χ4v) is 2.71. The van der Waals surface area contributed by atoms with E-state index in [0.717, 1.165) is 24.3 Å². The van der Waals surface area contributed by atoms with Crippen LogP contribution in [0.3, 0.4) is 0 Å². The van der Waals surface area contributed by atoms with E-state index in [-0.39, 0.29) is 28.3 Å². The average molecular weight is 433 g/mol. The van der Waals surface area contributed by atoms with Crippen LogP contribution in [0, 0.1) is 12.7 Å². The predicted molar refractivity (Wildman–Crippen MR) is 104 cm³/mol. The third kappa shape index (κ3) is 5.19. The summed E-state index contributed by atoms with van der Waals surface area (Å²) >= 11 is 0. The Bertz CT molecular complexity index is 1140. The number of hydrogen-bond acceptors (Lipinski definition) is 3. The zero-order valence-electron chi connectivity index (χ0n) is 16.0. The van der Waals surface area contributed by atoms with Crippen molar-refractivity contribution in [1.82, 2.24) is 0 Å². The van der Waals surface area contributed by atoms with Crippen LogP contribution in [0.25, 0.3) is 0 Å². The first kappa shape index (κ1) is 21.8. The minimum atomic E-state index is -4.67. The van der Waals surface area contributed by atoms with Gasteiger partial charge in [0.1, 0.15) is 17.3 Å². The maximum Gasteiger partial charge on any atom is 0.416 e. The maximum atomic E-state index is 13.3. The Kier molecular flexibility index (Phi) is 5.96. The number of ether oxygens (including phenoxy) is 1. The van der Waals surface area contributed by atoms with E-state index in [0.29, 0.717) is 11.6 Å². The lowest BCUT2D eigenvalue weighted by Gasteiger charge is -2.16. The van der Waals surface area contributed by atoms with E-state index in [2.05, 4.69) is 5.32 Å². The van der Waals surface area contributed by atoms with Crippen LogP contribution >= 0.6 is 0 Å². The fraction of sp³-hybridized carbons (Fsp3) is 0.0909. The van der Waals surface area contributed by atoms with Gasteiger partial charge in [-0.1, -0.05) is 0 Å².